The lowest BCUT2D eigenvalue weighted by Gasteiger charge is -2.24. The predicted octanol–water partition coefficient (Wildman–Crippen LogP) is 1.76. The van der Waals surface area contributed by atoms with Crippen molar-refractivity contribution in [2.75, 3.05) is 6.61 Å². The van der Waals surface area contributed by atoms with Crippen molar-refractivity contribution in [1.82, 2.24) is 4.90 Å². The van der Waals surface area contributed by atoms with E-state index in [-0.39, 0.29) is 28.8 Å². The Balaban J connectivity index is 1.87. The smallest absolute Gasteiger partial charge is 0.330 e. The number of esters is 1. The number of rotatable bonds is 7. The number of fused-ring (bicyclic) bond motifs is 1. The van der Waals surface area contributed by atoms with Gasteiger partial charge in [0.05, 0.1) is 11.1 Å². The number of benzene rings is 2. The van der Waals surface area contributed by atoms with Crippen LogP contribution in [0, 0.1) is 11.3 Å². The highest BCUT2D eigenvalue weighted by Crippen LogP contribution is 2.26. The second-order valence-corrected chi connectivity index (χ2v) is 6.93. The molecule has 0 saturated carbocycles. The summed E-state index contributed by atoms with van der Waals surface area (Å²) in [6, 6.07) is 15.5. The number of nitrogens with two attached hydrogens (primary N) is 1. The molecule has 0 bridgehead atoms. The number of nitrogens with zero attached hydrogens (tertiary/aromatic N) is 2. The monoisotopic (exact) mass is 417 g/mol. The summed E-state index contributed by atoms with van der Waals surface area (Å²) in [5.41, 5.74) is 6.28. The van der Waals surface area contributed by atoms with Crippen molar-refractivity contribution in [3.05, 3.63) is 82.6 Å². The molecule has 0 radical (unpaired) electrons. The minimum absolute atomic E-state index is 0.00438. The number of carbonyl (C=O) groups is 4. The lowest BCUT2D eigenvalue weighted by atomic mass is 10.0. The summed E-state index contributed by atoms with van der Waals surface area (Å²) >= 11 is 0. The normalized spacial score (nSPS) is 14.4. The lowest BCUT2D eigenvalue weighted by molar-refractivity contribution is -0.151. The maximum Gasteiger partial charge on any atom is 0.330 e. The van der Waals surface area contributed by atoms with Gasteiger partial charge in [-0.3, -0.25) is 19.3 Å². The molecule has 0 aliphatic carbocycles. The van der Waals surface area contributed by atoms with E-state index in [0.717, 1.165) is 4.90 Å². The van der Waals surface area contributed by atoms with Crippen molar-refractivity contribution < 1.29 is 23.9 Å². The zero-order valence-electron chi connectivity index (χ0n) is 16.7. The van der Waals surface area contributed by atoms with Gasteiger partial charge in [0.15, 0.2) is 6.61 Å². The highest BCUT2D eigenvalue weighted by Gasteiger charge is 2.43. The van der Waals surface area contributed by atoms with E-state index in [1.807, 2.05) is 0 Å². The summed E-state index contributed by atoms with van der Waals surface area (Å²) in [7, 11) is 0. The average Bonchev–Trinajstić information content (AvgIpc) is 3.02. The van der Waals surface area contributed by atoms with E-state index in [1.165, 1.54) is 19.1 Å². The molecule has 2 amide bonds. The number of nitriles is 1. The highest BCUT2D eigenvalue weighted by atomic mass is 16.5. The molecule has 0 unspecified atom stereocenters. The first-order chi connectivity index (χ1) is 14.8. The predicted molar refractivity (Wildman–Crippen MR) is 109 cm³/mol. The molecule has 1 atom stereocenters. The number of ether oxygens (including phenoxy) is 1. The molecule has 2 aromatic carbocycles. The zero-order valence-corrected chi connectivity index (χ0v) is 16.7. The van der Waals surface area contributed by atoms with Gasteiger partial charge in [-0.2, -0.15) is 5.26 Å². The van der Waals surface area contributed by atoms with Crippen molar-refractivity contribution in [2.24, 2.45) is 5.73 Å². The zero-order chi connectivity index (χ0) is 22.5. The van der Waals surface area contributed by atoms with Gasteiger partial charge in [-0.05, 0) is 24.6 Å². The third kappa shape index (κ3) is 4.36. The maximum atomic E-state index is 12.9. The standard InChI is InChI=1S/C23H19N3O5/c1-14(25)18(12-24)20(27)13-31-23(30)19(11-15-7-3-2-4-8-15)26-21(28)16-9-5-6-10-17(16)22(26)29/h2-10,19H,11,13,25H2,1H3/b18-14+/t19-/m1/s1. The molecule has 0 saturated heterocycles. The fourth-order valence-corrected chi connectivity index (χ4v) is 3.28. The summed E-state index contributed by atoms with van der Waals surface area (Å²) in [5, 5.41) is 9.03. The first-order valence-corrected chi connectivity index (χ1v) is 9.42. The van der Waals surface area contributed by atoms with Crippen molar-refractivity contribution in [2.45, 2.75) is 19.4 Å². The Kier molecular flexibility index (Phi) is 6.26. The average molecular weight is 417 g/mol. The van der Waals surface area contributed by atoms with E-state index in [1.54, 1.807) is 48.5 Å². The number of imide groups is 1. The Morgan fingerprint density at radius 2 is 1.58 bits per heavy atom. The third-order valence-electron chi connectivity index (χ3n) is 4.81. The van der Waals surface area contributed by atoms with Gasteiger partial charge in [-0.15, -0.1) is 0 Å². The van der Waals surface area contributed by atoms with Crippen LogP contribution in [-0.2, 0) is 20.7 Å². The number of carbonyl (C=O) groups excluding carboxylic acids is 4. The molecular formula is C23H19N3O5. The number of ketones is 1. The third-order valence-corrected chi connectivity index (χ3v) is 4.81. The van der Waals surface area contributed by atoms with Crippen molar-refractivity contribution in [3.8, 4) is 6.07 Å². The summed E-state index contributed by atoms with van der Waals surface area (Å²) in [4.78, 5) is 51.7. The van der Waals surface area contributed by atoms with Gasteiger partial charge in [0.2, 0.25) is 5.78 Å². The summed E-state index contributed by atoms with van der Waals surface area (Å²) in [6.45, 7) is 0.653. The molecule has 1 heterocycles. The van der Waals surface area contributed by atoms with Crippen LogP contribution in [0.5, 0.6) is 0 Å². The Labute approximate surface area is 178 Å². The van der Waals surface area contributed by atoms with Crippen LogP contribution in [0.1, 0.15) is 33.2 Å². The maximum absolute atomic E-state index is 12.9. The molecule has 8 heteroatoms. The largest absolute Gasteiger partial charge is 0.456 e. The quantitative estimate of drug-likeness (QED) is 0.314. The van der Waals surface area contributed by atoms with Gasteiger partial charge < -0.3 is 10.5 Å². The van der Waals surface area contributed by atoms with Crippen LogP contribution in [0.3, 0.4) is 0 Å². The van der Waals surface area contributed by atoms with Crippen LogP contribution < -0.4 is 5.73 Å². The van der Waals surface area contributed by atoms with E-state index < -0.39 is 36.2 Å². The van der Waals surface area contributed by atoms with Crippen LogP contribution in [0.15, 0.2) is 65.9 Å². The Bertz CT molecular complexity index is 1090. The van der Waals surface area contributed by atoms with E-state index in [0.29, 0.717) is 5.56 Å². The first-order valence-electron chi connectivity index (χ1n) is 9.42. The molecule has 1 aliphatic heterocycles. The summed E-state index contributed by atoms with van der Waals surface area (Å²) < 4.78 is 5.10. The van der Waals surface area contributed by atoms with Crippen LogP contribution in [-0.4, -0.2) is 41.1 Å². The van der Waals surface area contributed by atoms with Gasteiger partial charge in [0, 0.05) is 12.1 Å². The van der Waals surface area contributed by atoms with E-state index in [9.17, 15) is 19.2 Å². The summed E-state index contributed by atoms with van der Waals surface area (Å²) in [5.74, 6) is -2.92. The Morgan fingerprint density at radius 1 is 1.03 bits per heavy atom. The number of Topliss-reactive ketones (excluding diaryl/α,β-unsaturated/α-hetero) is 1. The number of allylic oxidation sites excluding steroid dienone is 1. The van der Waals surface area contributed by atoms with Gasteiger partial charge in [-0.25, -0.2) is 4.79 Å². The Hall–Kier alpha value is -4.25. The van der Waals surface area contributed by atoms with Crippen molar-refractivity contribution in [3.63, 3.8) is 0 Å². The molecule has 1 aliphatic rings. The molecule has 0 spiro atoms. The van der Waals surface area contributed by atoms with Gasteiger partial charge in [-0.1, -0.05) is 42.5 Å². The SMILES string of the molecule is C/C(N)=C(/C#N)C(=O)COC(=O)[C@@H](Cc1ccccc1)N1C(=O)c2ccccc2C1=O. The molecule has 156 valence electrons. The van der Waals surface area contributed by atoms with Gasteiger partial charge >= 0.3 is 5.97 Å². The van der Waals surface area contributed by atoms with Gasteiger partial charge in [0.25, 0.3) is 11.8 Å². The van der Waals surface area contributed by atoms with Crippen LogP contribution in [0.25, 0.3) is 0 Å². The number of hydrogen-bond acceptors (Lipinski definition) is 7. The molecule has 0 aromatic heterocycles. The minimum Gasteiger partial charge on any atom is -0.456 e. The minimum atomic E-state index is -1.28. The van der Waals surface area contributed by atoms with Crippen molar-refractivity contribution >= 4 is 23.6 Å². The van der Waals surface area contributed by atoms with E-state index in [4.69, 9.17) is 15.7 Å². The molecule has 2 aromatic rings. The number of hydrogen-bond donors (Lipinski definition) is 1. The van der Waals surface area contributed by atoms with Crippen LogP contribution in [0.2, 0.25) is 0 Å². The van der Waals surface area contributed by atoms with E-state index >= 15 is 0 Å². The summed E-state index contributed by atoms with van der Waals surface area (Å²) in [6.07, 6.45) is 0.0101. The second kappa shape index (κ2) is 9.05. The van der Waals surface area contributed by atoms with Gasteiger partial charge in [0.1, 0.15) is 17.7 Å². The first kappa shape index (κ1) is 21.5. The lowest BCUT2D eigenvalue weighted by Crippen LogP contribution is -2.47. The molecule has 8 nitrogen and oxygen atoms in total. The van der Waals surface area contributed by atoms with E-state index in [2.05, 4.69) is 0 Å². The van der Waals surface area contributed by atoms with Crippen LogP contribution >= 0.6 is 0 Å². The highest BCUT2D eigenvalue weighted by molar-refractivity contribution is 6.22. The molecule has 0 fully saturated rings. The second-order valence-electron chi connectivity index (χ2n) is 6.93. The molecule has 31 heavy (non-hydrogen) atoms. The fourth-order valence-electron chi connectivity index (χ4n) is 3.28. The topological polar surface area (TPSA) is 131 Å². The van der Waals surface area contributed by atoms with Crippen LogP contribution in [0.4, 0.5) is 0 Å². The fraction of sp³-hybridized carbons (Fsp3) is 0.174. The molecule has 2 N–H and O–H groups in total. The molecular weight excluding hydrogens is 398 g/mol. The number of amides is 2. The molecule has 3 rings (SSSR count). The Morgan fingerprint density at radius 3 is 2.10 bits per heavy atom. The van der Waals surface area contributed by atoms with Crippen molar-refractivity contribution in [1.29, 1.82) is 5.26 Å².